The summed E-state index contributed by atoms with van der Waals surface area (Å²) in [6.45, 7) is 5.82. The fourth-order valence-electron chi connectivity index (χ4n) is 5.16. The molecule has 35 heavy (non-hydrogen) atoms. The molecule has 2 heterocycles. The van der Waals surface area contributed by atoms with Gasteiger partial charge in [-0.3, -0.25) is 4.79 Å². The fourth-order valence-corrected chi connectivity index (χ4v) is 5.16. The van der Waals surface area contributed by atoms with Crippen LogP contribution >= 0.6 is 0 Å². The second kappa shape index (κ2) is 9.75. The van der Waals surface area contributed by atoms with Crippen LogP contribution < -0.4 is 10.6 Å². The summed E-state index contributed by atoms with van der Waals surface area (Å²) < 4.78 is 5.49. The Morgan fingerprint density at radius 2 is 1.86 bits per heavy atom. The number of hydrogen-bond donors (Lipinski definition) is 3. The fraction of sp³-hybridized carbons (Fsp3) is 0.600. The van der Waals surface area contributed by atoms with Crippen molar-refractivity contribution in [3.8, 4) is 0 Å². The molecule has 10 nitrogen and oxygen atoms in total. The van der Waals surface area contributed by atoms with Crippen molar-refractivity contribution in [1.29, 1.82) is 0 Å². The van der Waals surface area contributed by atoms with Crippen LogP contribution in [0.3, 0.4) is 0 Å². The zero-order chi connectivity index (χ0) is 25.3. The van der Waals surface area contributed by atoms with Crippen molar-refractivity contribution in [3.63, 3.8) is 0 Å². The predicted octanol–water partition coefficient (Wildman–Crippen LogP) is 3.17. The van der Waals surface area contributed by atoms with E-state index in [1.807, 2.05) is 45.0 Å². The van der Waals surface area contributed by atoms with E-state index in [0.717, 1.165) is 36.9 Å². The molecule has 4 rings (SSSR count). The number of urea groups is 1. The monoisotopic (exact) mass is 486 g/mol. The number of nitrogens with one attached hydrogen (secondary N) is 2. The quantitative estimate of drug-likeness (QED) is 0.586. The first-order valence-corrected chi connectivity index (χ1v) is 12.2. The lowest BCUT2D eigenvalue weighted by Crippen LogP contribution is -2.57. The van der Waals surface area contributed by atoms with Crippen LogP contribution in [0.25, 0.3) is 0 Å². The first-order valence-electron chi connectivity index (χ1n) is 12.2. The van der Waals surface area contributed by atoms with Gasteiger partial charge in [-0.25, -0.2) is 14.4 Å². The van der Waals surface area contributed by atoms with Gasteiger partial charge in [0, 0.05) is 25.2 Å². The molecule has 1 saturated carbocycles. The largest absolute Gasteiger partial charge is 0.480 e. The van der Waals surface area contributed by atoms with Gasteiger partial charge in [-0.2, -0.15) is 0 Å². The number of aliphatic carboxylic acids is 1. The van der Waals surface area contributed by atoms with Crippen molar-refractivity contribution in [2.75, 3.05) is 11.9 Å². The predicted molar refractivity (Wildman–Crippen MR) is 128 cm³/mol. The number of rotatable bonds is 5. The van der Waals surface area contributed by atoms with E-state index < -0.39 is 41.5 Å². The molecule has 1 aromatic rings. The SMILES string of the molecule is CC(C)(C)[C@H](NC(=O)OC1CCCC1)C(=O)N1CC(N2Cc3ccccc3NC2=O)CC1C(=O)O. The summed E-state index contributed by atoms with van der Waals surface area (Å²) >= 11 is 0. The van der Waals surface area contributed by atoms with Crippen LogP contribution in [0.5, 0.6) is 0 Å². The van der Waals surface area contributed by atoms with Gasteiger partial charge in [-0.1, -0.05) is 39.0 Å². The highest BCUT2D eigenvalue weighted by molar-refractivity contribution is 5.93. The van der Waals surface area contributed by atoms with E-state index >= 15 is 0 Å². The van der Waals surface area contributed by atoms with Gasteiger partial charge in [0.15, 0.2) is 0 Å². The summed E-state index contributed by atoms with van der Waals surface area (Å²) in [6.07, 6.45) is 2.90. The highest BCUT2D eigenvalue weighted by Gasteiger charge is 2.47. The van der Waals surface area contributed by atoms with Crippen LogP contribution in [0, 0.1) is 5.41 Å². The molecule has 190 valence electrons. The molecule has 1 saturated heterocycles. The molecule has 0 aromatic heterocycles. The molecule has 0 radical (unpaired) electrons. The van der Waals surface area contributed by atoms with Crippen molar-refractivity contribution in [2.24, 2.45) is 5.41 Å². The maximum Gasteiger partial charge on any atom is 0.408 e. The minimum absolute atomic E-state index is 0.0668. The Bertz CT molecular complexity index is 1000. The van der Waals surface area contributed by atoms with Crippen molar-refractivity contribution in [1.82, 2.24) is 15.1 Å². The normalized spacial score (nSPS) is 23.5. The topological polar surface area (TPSA) is 128 Å². The van der Waals surface area contributed by atoms with Crippen LogP contribution in [0.15, 0.2) is 24.3 Å². The van der Waals surface area contributed by atoms with Gasteiger partial charge in [-0.15, -0.1) is 0 Å². The lowest BCUT2D eigenvalue weighted by molar-refractivity contribution is -0.150. The number of fused-ring (bicyclic) bond motifs is 1. The molecule has 0 spiro atoms. The van der Waals surface area contributed by atoms with E-state index in [-0.39, 0.29) is 25.1 Å². The number of carboxylic acid groups (broad SMARTS) is 1. The Hall–Kier alpha value is -3.30. The lowest BCUT2D eigenvalue weighted by atomic mass is 9.85. The van der Waals surface area contributed by atoms with Gasteiger partial charge in [-0.05, 0) is 42.7 Å². The second-order valence-electron chi connectivity index (χ2n) is 10.7. The molecule has 1 aromatic carbocycles. The van der Waals surface area contributed by atoms with E-state index in [4.69, 9.17) is 4.74 Å². The van der Waals surface area contributed by atoms with Crippen LogP contribution in [0.2, 0.25) is 0 Å². The first-order chi connectivity index (χ1) is 16.5. The van der Waals surface area contributed by atoms with E-state index in [9.17, 15) is 24.3 Å². The van der Waals surface area contributed by atoms with Gasteiger partial charge < -0.3 is 30.3 Å². The van der Waals surface area contributed by atoms with Crippen molar-refractivity contribution < 1.29 is 29.0 Å². The number of nitrogens with zero attached hydrogens (tertiary/aromatic N) is 2. The number of para-hydroxylation sites is 1. The third-order valence-corrected chi connectivity index (χ3v) is 7.10. The molecular weight excluding hydrogens is 452 g/mol. The Morgan fingerprint density at radius 3 is 2.51 bits per heavy atom. The van der Waals surface area contributed by atoms with Gasteiger partial charge in [0.2, 0.25) is 5.91 Å². The van der Waals surface area contributed by atoms with E-state index in [1.54, 1.807) is 4.90 Å². The number of ether oxygens (including phenoxy) is 1. The number of carbonyl (C=O) groups is 4. The van der Waals surface area contributed by atoms with Crippen LogP contribution in [-0.2, 0) is 20.9 Å². The molecule has 2 unspecified atom stereocenters. The van der Waals surface area contributed by atoms with E-state index in [0.29, 0.717) is 6.54 Å². The summed E-state index contributed by atoms with van der Waals surface area (Å²) in [5.74, 6) is -1.63. The lowest BCUT2D eigenvalue weighted by Gasteiger charge is -2.36. The summed E-state index contributed by atoms with van der Waals surface area (Å²) in [4.78, 5) is 54.0. The van der Waals surface area contributed by atoms with Gasteiger partial charge in [0.25, 0.3) is 0 Å². The molecule has 3 N–H and O–H groups in total. The molecule has 10 heteroatoms. The van der Waals surface area contributed by atoms with Crippen molar-refractivity contribution >= 4 is 29.7 Å². The minimum atomic E-state index is -1.14. The third-order valence-electron chi connectivity index (χ3n) is 7.10. The highest BCUT2D eigenvalue weighted by atomic mass is 16.6. The van der Waals surface area contributed by atoms with Crippen LogP contribution in [0.1, 0.15) is 58.4 Å². The summed E-state index contributed by atoms with van der Waals surface area (Å²) in [6, 6.07) is 4.56. The Balaban J connectivity index is 1.51. The molecule has 4 amide bonds. The summed E-state index contributed by atoms with van der Waals surface area (Å²) in [7, 11) is 0. The average Bonchev–Trinajstić information content (AvgIpc) is 3.46. The number of amides is 4. The van der Waals surface area contributed by atoms with Gasteiger partial charge in [0.1, 0.15) is 18.2 Å². The number of benzene rings is 1. The number of likely N-dealkylation sites (tertiary alicyclic amines) is 1. The van der Waals surface area contributed by atoms with Gasteiger partial charge in [0.05, 0.1) is 6.04 Å². The second-order valence-corrected chi connectivity index (χ2v) is 10.7. The summed E-state index contributed by atoms with van der Waals surface area (Å²) in [5, 5.41) is 15.4. The number of carboxylic acids is 1. The van der Waals surface area contributed by atoms with Crippen molar-refractivity contribution in [2.45, 2.75) is 83.6 Å². The number of hydrogen-bond acceptors (Lipinski definition) is 5. The minimum Gasteiger partial charge on any atom is -0.480 e. The van der Waals surface area contributed by atoms with Crippen LogP contribution in [0.4, 0.5) is 15.3 Å². The van der Waals surface area contributed by atoms with Crippen LogP contribution in [-0.4, -0.2) is 69.7 Å². The molecular formula is C25H34N4O6. The summed E-state index contributed by atoms with van der Waals surface area (Å²) in [5.41, 5.74) is 0.967. The molecule has 2 fully saturated rings. The smallest absolute Gasteiger partial charge is 0.408 e. The van der Waals surface area contributed by atoms with Crippen molar-refractivity contribution in [3.05, 3.63) is 29.8 Å². The molecule has 1 aliphatic carbocycles. The van der Waals surface area contributed by atoms with Gasteiger partial charge >= 0.3 is 18.1 Å². The first kappa shape index (κ1) is 24.8. The zero-order valence-corrected chi connectivity index (χ0v) is 20.5. The average molecular weight is 487 g/mol. The number of anilines is 1. The molecule has 2 aliphatic heterocycles. The zero-order valence-electron chi connectivity index (χ0n) is 20.5. The number of carbonyl (C=O) groups excluding carboxylic acids is 3. The Morgan fingerprint density at radius 1 is 1.17 bits per heavy atom. The maximum absolute atomic E-state index is 13.7. The number of alkyl carbamates (subject to hydrolysis) is 1. The Labute approximate surface area is 205 Å². The maximum atomic E-state index is 13.7. The third kappa shape index (κ3) is 5.36. The van der Waals surface area contributed by atoms with E-state index in [1.165, 1.54) is 4.90 Å². The molecule has 0 bridgehead atoms. The highest BCUT2D eigenvalue weighted by Crippen LogP contribution is 2.32. The Kier molecular flexibility index (Phi) is 6.91. The standard InChI is InChI=1S/C25H34N4O6/c1-25(2,3)20(27-24(34)35-17-9-5-6-10-17)21(30)29-14-16(12-19(29)22(31)32)28-13-15-8-4-7-11-18(15)26-23(28)33/h4,7-8,11,16-17,19-20H,5-6,9-10,12-14H2,1-3H3,(H,26,33)(H,27,34)(H,31,32)/t16?,19?,20-/m1/s1. The molecule has 3 atom stereocenters. The molecule has 3 aliphatic rings. The van der Waals surface area contributed by atoms with E-state index in [2.05, 4.69) is 10.6 Å².